The van der Waals surface area contributed by atoms with E-state index in [0.29, 0.717) is 34.3 Å². The van der Waals surface area contributed by atoms with Crippen molar-refractivity contribution in [2.75, 3.05) is 12.0 Å². The summed E-state index contributed by atoms with van der Waals surface area (Å²) in [7, 11) is 1.44. The minimum Gasteiger partial charge on any atom is -0.496 e. The number of fused-ring (bicyclic) bond motifs is 1. The van der Waals surface area contributed by atoms with Crippen LogP contribution in [0.5, 0.6) is 5.75 Å². The van der Waals surface area contributed by atoms with Gasteiger partial charge in [0.1, 0.15) is 11.3 Å². The van der Waals surface area contributed by atoms with Crippen molar-refractivity contribution in [1.29, 1.82) is 0 Å². The molecule has 0 bridgehead atoms. The molecule has 4 rings (SSSR count). The third kappa shape index (κ3) is 3.88. The molecule has 2 heterocycles. The molecule has 10 heteroatoms. The summed E-state index contributed by atoms with van der Waals surface area (Å²) in [5.41, 5.74) is 0.280. The van der Waals surface area contributed by atoms with Crippen LogP contribution >= 0.6 is 15.9 Å². The highest BCUT2D eigenvalue weighted by Crippen LogP contribution is 2.53. The molecular weight excluding hydrogens is 532 g/mol. The van der Waals surface area contributed by atoms with E-state index < -0.39 is 53.6 Å². The Balaban J connectivity index is 1.97. The van der Waals surface area contributed by atoms with E-state index in [0.717, 1.165) is 16.0 Å². The Labute approximate surface area is 216 Å². The molecule has 2 amide bonds. The minimum atomic E-state index is -2.19. The molecule has 190 valence electrons. The van der Waals surface area contributed by atoms with Gasteiger partial charge in [0.05, 0.1) is 31.1 Å². The van der Waals surface area contributed by atoms with Gasteiger partial charge in [-0.25, -0.2) is 4.90 Å². The molecule has 0 saturated carbocycles. The van der Waals surface area contributed by atoms with Crippen LogP contribution in [0.4, 0.5) is 5.69 Å². The SMILES string of the molecule is CCc1cccc(CC)c1N1C(=O)C2C(c3cc(Br)ccc3OC)NC(CC(=O)O)(C(=O)O)C2C1=O. The van der Waals surface area contributed by atoms with Crippen LogP contribution in [-0.4, -0.2) is 46.6 Å². The summed E-state index contributed by atoms with van der Waals surface area (Å²) in [4.78, 5) is 53.7. The van der Waals surface area contributed by atoms with Crippen molar-refractivity contribution < 1.29 is 34.1 Å². The Kier molecular flexibility index (Phi) is 6.94. The summed E-state index contributed by atoms with van der Waals surface area (Å²) in [6.07, 6.45) is 0.227. The maximum Gasteiger partial charge on any atom is 0.325 e. The molecule has 2 aliphatic heterocycles. The number of para-hydroxylation sites is 1. The van der Waals surface area contributed by atoms with E-state index >= 15 is 0 Å². The molecule has 2 aliphatic rings. The third-order valence-corrected chi connectivity index (χ3v) is 7.67. The number of carboxylic acid groups (broad SMARTS) is 2. The Morgan fingerprint density at radius 2 is 1.72 bits per heavy atom. The second-order valence-electron chi connectivity index (χ2n) is 9.00. The largest absolute Gasteiger partial charge is 0.496 e. The maximum absolute atomic E-state index is 14.1. The van der Waals surface area contributed by atoms with Gasteiger partial charge >= 0.3 is 11.9 Å². The van der Waals surface area contributed by atoms with Crippen molar-refractivity contribution in [2.24, 2.45) is 11.8 Å². The molecule has 4 unspecified atom stereocenters. The molecule has 2 saturated heterocycles. The van der Waals surface area contributed by atoms with Gasteiger partial charge in [0.2, 0.25) is 11.8 Å². The standard InChI is InChI=1S/C26H27BrN2O7/c1-4-13-7-6-8-14(5-2)22(13)29-23(32)19-20(24(29)33)26(25(34)35,12-18(30)31)28-21(19)16-11-15(27)9-10-17(16)36-3/h6-11,19-21,28H,4-5,12H2,1-3H3,(H,30,31)(H,34,35). The van der Waals surface area contributed by atoms with E-state index in [2.05, 4.69) is 21.2 Å². The van der Waals surface area contributed by atoms with Crippen molar-refractivity contribution in [1.82, 2.24) is 5.32 Å². The maximum atomic E-state index is 14.1. The number of carbonyl (C=O) groups is 4. The number of anilines is 1. The van der Waals surface area contributed by atoms with Crippen LogP contribution < -0.4 is 15.0 Å². The summed E-state index contributed by atoms with van der Waals surface area (Å²) in [6.45, 7) is 3.82. The highest BCUT2D eigenvalue weighted by Gasteiger charge is 2.69. The molecule has 2 fully saturated rings. The highest BCUT2D eigenvalue weighted by atomic mass is 79.9. The lowest BCUT2D eigenvalue weighted by Gasteiger charge is -2.31. The van der Waals surface area contributed by atoms with Crippen molar-refractivity contribution in [3.63, 3.8) is 0 Å². The molecule has 2 aromatic rings. The lowest BCUT2D eigenvalue weighted by atomic mass is 9.77. The normalized spacial score (nSPS) is 25.2. The summed E-state index contributed by atoms with van der Waals surface area (Å²) in [5.74, 6) is -6.37. The number of ether oxygens (including phenoxy) is 1. The highest BCUT2D eigenvalue weighted by molar-refractivity contribution is 9.10. The average Bonchev–Trinajstić information content (AvgIpc) is 3.31. The number of amides is 2. The summed E-state index contributed by atoms with van der Waals surface area (Å²) in [6, 6.07) is 9.62. The van der Waals surface area contributed by atoms with Crippen molar-refractivity contribution in [3.8, 4) is 5.75 Å². The lowest BCUT2D eigenvalue weighted by Crippen LogP contribution is -2.57. The van der Waals surface area contributed by atoms with Gasteiger partial charge in [0, 0.05) is 16.1 Å². The van der Waals surface area contributed by atoms with Gasteiger partial charge in [0.15, 0.2) is 0 Å². The smallest absolute Gasteiger partial charge is 0.325 e. The average molecular weight is 559 g/mol. The minimum absolute atomic E-state index is 0.382. The van der Waals surface area contributed by atoms with Crippen LogP contribution in [0.15, 0.2) is 40.9 Å². The van der Waals surface area contributed by atoms with Crippen LogP contribution in [0.1, 0.15) is 43.0 Å². The first-order valence-electron chi connectivity index (χ1n) is 11.7. The molecule has 3 N–H and O–H groups in total. The Morgan fingerprint density at radius 3 is 2.25 bits per heavy atom. The zero-order chi connectivity index (χ0) is 26.4. The molecule has 2 aromatic carbocycles. The molecule has 0 radical (unpaired) electrons. The van der Waals surface area contributed by atoms with Crippen molar-refractivity contribution in [2.45, 2.75) is 44.7 Å². The topological polar surface area (TPSA) is 133 Å². The number of imide groups is 1. The van der Waals surface area contributed by atoms with Gasteiger partial charge in [-0.05, 0) is 42.2 Å². The number of aryl methyl sites for hydroxylation is 2. The number of nitrogens with one attached hydrogen (secondary N) is 1. The number of halogens is 1. The zero-order valence-corrected chi connectivity index (χ0v) is 21.7. The number of nitrogens with zero attached hydrogens (tertiary/aromatic N) is 1. The van der Waals surface area contributed by atoms with Crippen molar-refractivity contribution in [3.05, 3.63) is 57.6 Å². The van der Waals surface area contributed by atoms with Gasteiger partial charge in [0.25, 0.3) is 0 Å². The number of methoxy groups -OCH3 is 1. The molecule has 36 heavy (non-hydrogen) atoms. The van der Waals surface area contributed by atoms with Gasteiger partial charge < -0.3 is 14.9 Å². The first-order chi connectivity index (χ1) is 17.1. The van der Waals surface area contributed by atoms with E-state index in [9.17, 15) is 29.4 Å². The number of carbonyl (C=O) groups excluding carboxylic acids is 2. The number of hydrogen-bond acceptors (Lipinski definition) is 6. The number of carboxylic acids is 2. The van der Waals surface area contributed by atoms with Crippen LogP contribution in [-0.2, 0) is 32.0 Å². The van der Waals surface area contributed by atoms with E-state index in [4.69, 9.17) is 4.74 Å². The van der Waals surface area contributed by atoms with Crippen molar-refractivity contribution >= 4 is 45.4 Å². The fraction of sp³-hybridized carbons (Fsp3) is 0.385. The van der Waals surface area contributed by atoms with E-state index in [-0.39, 0.29) is 0 Å². The summed E-state index contributed by atoms with van der Waals surface area (Å²) >= 11 is 3.40. The second kappa shape index (κ2) is 9.67. The number of benzene rings is 2. The van der Waals surface area contributed by atoms with Crippen LogP contribution in [0.25, 0.3) is 0 Å². The van der Waals surface area contributed by atoms with E-state index in [1.807, 2.05) is 32.0 Å². The third-order valence-electron chi connectivity index (χ3n) is 7.18. The summed E-state index contributed by atoms with van der Waals surface area (Å²) < 4.78 is 6.14. The predicted molar refractivity (Wildman–Crippen MR) is 134 cm³/mol. The fourth-order valence-corrected chi connectivity index (χ4v) is 5.99. The van der Waals surface area contributed by atoms with Crippen LogP contribution in [0.3, 0.4) is 0 Å². The first kappa shape index (κ1) is 25.8. The second-order valence-corrected chi connectivity index (χ2v) is 9.92. The zero-order valence-electron chi connectivity index (χ0n) is 20.1. The lowest BCUT2D eigenvalue weighted by molar-refractivity contribution is -0.154. The molecular formula is C26H27BrN2O7. The molecule has 4 atom stereocenters. The monoisotopic (exact) mass is 558 g/mol. The molecule has 9 nitrogen and oxygen atoms in total. The van der Waals surface area contributed by atoms with Crippen LogP contribution in [0.2, 0.25) is 0 Å². The predicted octanol–water partition coefficient (Wildman–Crippen LogP) is 3.33. The van der Waals surface area contributed by atoms with Gasteiger partial charge in [-0.15, -0.1) is 0 Å². The Bertz CT molecular complexity index is 1240. The molecule has 0 aliphatic carbocycles. The first-order valence-corrected chi connectivity index (χ1v) is 12.4. The fourth-order valence-electron chi connectivity index (χ4n) is 5.61. The Hall–Kier alpha value is -3.24. The van der Waals surface area contributed by atoms with Gasteiger partial charge in [-0.1, -0.05) is 48.0 Å². The Morgan fingerprint density at radius 1 is 1.08 bits per heavy atom. The number of hydrogen-bond donors (Lipinski definition) is 3. The van der Waals surface area contributed by atoms with Crippen LogP contribution in [0, 0.1) is 11.8 Å². The van der Waals surface area contributed by atoms with Gasteiger partial charge in [-0.3, -0.25) is 24.5 Å². The quantitative estimate of drug-likeness (QED) is 0.420. The molecule has 0 spiro atoms. The molecule has 0 aromatic heterocycles. The summed E-state index contributed by atoms with van der Waals surface area (Å²) in [5, 5.41) is 22.9. The van der Waals surface area contributed by atoms with Gasteiger partial charge in [-0.2, -0.15) is 0 Å². The van der Waals surface area contributed by atoms with E-state index in [1.165, 1.54) is 7.11 Å². The van der Waals surface area contributed by atoms with E-state index in [1.54, 1.807) is 18.2 Å². The number of rotatable bonds is 8. The number of aliphatic carboxylic acids is 2.